The van der Waals surface area contributed by atoms with E-state index in [-0.39, 0.29) is 0 Å². The number of nitrogens with zero attached hydrogens (tertiary/aromatic N) is 6. The van der Waals surface area contributed by atoms with Gasteiger partial charge in [-0.25, -0.2) is 15.0 Å². The molecule has 0 bridgehead atoms. The van der Waals surface area contributed by atoms with Crippen molar-refractivity contribution in [1.82, 2.24) is 19.9 Å². The van der Waals surface area contributed by atoms with Gasteiger partial charge in [-0.2, -0.15) is 0 Å². The molecule has 3 aromatic rings. The smallest absolute Gasteiger partial charge is 0.225 e. The molecule has 0 N–H and O–H groups in total. The molecule has 2 unspecified atom stereocenters. The molecule has 136 valence electrons. The van der Waals surface area contributed by atoms with Crippen LogP contribution >= 0.6 is 11.6 Å². The van der Waals surface area contributed by atoms with Crippen molar-refractivity contribution in [2.24, 2.45) is 11.8 Å². The molecule has 27 heavy (non-hydrogen) atoms. The Morgan fingerprint density at radius 3 is 2.04 bits per heavy atom. The van der Waals surface area contributed by atoms with Gasteiger partial charge < -0.3 is 9.80 Å². The number of hydrogen-bond donors (Lipinski definition) is 0. The van der Waals surface area contributed by atoms with E-state index in [1.165, 1.54) is 0 Å². The second-order valence-electron chi connectivity index (χ2n) is 7.16. The fraction of sp³-hybridized carbons (Fsp3) is 0.300. The summed E-state index contributed by atoms with van der Waals surface area (Å²) in [5, 5.41) is 0.571. The van der Waals surface area contributed by atoms with Crippen molar-refractivity contribution in [2.45, 2.75) is 0 Å². The lowest BCUT2D eigenvalue weighted by atomic mass is 10.0. The zero-order valence-corrected chi connectivity index (χ0v) is 15.5. The lowest BCUT2D eigenvalue weighted by molar-refractivity contribution is 0.533. The van der Waals surface area contributed by atoms with E-state index in [9.17, 15) is 0 Å². The van der Waals surface area contributed by atoms with Gasteiger partial charge in [0.2, 0.25) is 5.95 Å². The van der Waals surface area contributed by atoms with Gasteiger partial charge in [-0.1, -0.05) is 41.9 Å². The predicted octanol–water partition coefficient (Wildman–Crippen LogP) is 3.16. The maximum absolute atomic E-state index is 5.89. The lowest BCUT2D eigenvalue weighted by Crippen LogP contribution is -2.30. The molecule has 1 aromatic carbocycles. The van der Waals surface area contributed by atoms with Crippen molar-refractivity contribution in [1.29, 1.82) is 0 Å². The van der Waals surface area contributed by atoms with Gasteiger partial charge in [0.25, 0.3) is 0 Å². The molecule has 2 aromatic heterocycles. The Bertz CT molecular complexity index is 901. The van der Waals surface area contributed by atoms with Gasteiger partial charge in [0, 0.05) is 43.6 Å². The second-order valence-corrected chi connectivity index (χ2v) is 7.59. The molecular weight excluding hydrogens is 360 g/mol. The van der Waals surface area contributed by atoms with Crippen LogP contribution in [0.5, 0.6) is 0 Å². The molecule has 0 amide bonds. The summed E-state index contributed by atoms with van der Waals surface area (Å²) in [7, 11) is 0. The number of halogens is 1. The first kappa shape index (κ1) is 16.4. The summed E-state index contributed by atoms with van der Waals surface area (Å²) in [6, 6.07) is 10.1. The molecule has 7 heteroatoms. The summed E-state index contributed by atoms with van der Waals surface area (Å²) in [4.78, 5) is 22.6. The Morgan fingerprint density at radius 1 is 0.741 bits per heavy atom. The maximum atomic E-state index is 5.89. The van der Waals surface area contributed by atoms with E-state index < -0.39 is 0 Å². The van der Waals surface area contributed by atoms with Crippen LogP contribution in [0.25, 0.3) is 11.3 Å². The molecule has 2 aliphatic rings. The van der Waals surface area contributed by atoms with Crippen molar-refractivity contribution in [2.75, 3.05) is 36.0 Å². The first-order chi connectivity index (χ1) is 13.3. The van der Waals surface area contributed by atoms with Crippen LogP contribution in [0.15, 0.2) is 55.1 Å². The van der Waals surface area contributed by atoms with E-state index in [1.807, 2.05) is 30.6 Å². The second kappa shape index (κ2) is 6.78. The summed E-state index contributed by atoms with van der Waals surface area (Å²) in [6.45, 7) is 3.93. The van der Waals surface area contributed by atoms with Gasteiger partial charge >= 0.3 is 0 Å². The molecule has 5 rings (SSSR count). The monoisotopic (exact) mass is 378 g/mol. The third-order valence-electron chi connectivity index (χ3n) is 5.41. The summed E-state index contributed by atoms with van der Waals surface area (Å²) in [6.07, 6.45) is 7.08. The third kappa shape index (κ3) is 3.21. The topological polar surface area (TPSA) is 58.0 Å². The summed E-state index contributed by atoms with van der Waals surface area (Å²) < 4.78 is 0. The molecule has 0 radical (unpaired) electrons. The number of rotatable bonds is 3. The van der Waals surface area contributed by atoms with E-state index in [2.05, 4.69) is 41.9 Å². The lowest BCUT2D eigenvalue weighted by Gasteiger charge is -2.22. The zero-order chi connectivity index (χ0) is 18.2. The minimum absolute atomic E-state index is 0.571. The molecule has 4 heterocycles. The van der Waals surface area contributed by atoms with Gasteiger partial charge in [-0.3, -0.25) is 4.98 Å². The van der Waals surface area contributed by atoms with Crippen LogP contribution in [0.1, 0.15) is 0 Å². The van der Waals surface area contributed by atoms with Crippen LogP contribution in [0, 0.1) is 11.8 Å². The standard InChI is InChI=1S/C20H19ClN6/c21-17-6-24-20(25-7-17)27-12-15-10-26(11-16(15)13-27)19-9-22-18(8-23-19)14-4-2-1-3-5-14/h1-9,15-16H,10-13H2. The van der Waals surface area contributed by atoms with Crippen molar-refractivity contribution in [3.63, 3.8) is 0 Å². The molecule has 0 saturated carbocycles. The summed E-state index contributed by atoms with van der Waals surface area (Å²) in [5.74, 6) is 2.92. The minimum atomic E-state index is 0.571. The van der Waals surface area contributed by atoms with Crippen LogP contribution in [0.3, 0.4) is 0 Å². The molecule has 0 aliphatic carbocycles. The molecule has 0 spiro atoms. The average Bonchev–Trinajstić information content (AvgIpc) is 3.29. The maximum Gasteiger partial charge on any atom is 0.225 e. The van der Waals surface area contributed by atoms with Crippen LogP contribution in [0.2, 0.25) is 5.02 Å². The van der Waals surface area contributed by atoms with Gasteiger partial charge in [-0.05, 0) is 0 Å². The highest BCUT2D eigenvalue weighted by Gasteiger charge is 2.41. The Morgan fingerprint density at radius 2 is 1.41 bits per heavy atom. The Kier molecular flexibility index (Phi) is 4.13. The SMILES string of the molecule is Clc1cnc(N2CC3CN(c4cnc(-c5ccccc5)cn4)CC3C2)nc1. The molecule has 2 aliphatic heterocycles. The van der Waals surface area contributed by atoms with Gasteiger partial charge in [-0.15, -0.1) is 0 Å². The van der Waals surface area contributed by atoms with Crippen LogP contribution < -0.4 is 9.80 Å². The molecule has 2 saturated heterocycles. The fourth-order valence-corrected chi connectivity index (χ4v) is 4.15. The van der Waals surface area contributed by atoms with Crippen molar-refractivity contribution in [3.05, 3.63) is 60.1 Å². The number of benzene rings is 1. The quantitative estimate of drug-likeness (QED) is 0.697. The molecule has 2 atom stereocenters. The zero-order valence-electron chi connectivity index (χ0n) is 14.7. The predicted molar refractivity (Wildman–Crippen MR) is 106 cm³/mol. The van der Waals surface area contributed by atoms with E-state index in [1.54, 1.807) is 12.4 Å². The Labute approximate surface area is 162 Å². The van der Waals surface area contributed by atoms with Crippen LogP contribution in [-0.2, 0) is 0 Å². The third-order valence-corrected chi connectivity index (χ3v) is 5.60. The largest absolute Gasteiger partial charge is 0.355 e. The van der Waals surface area contributed by atoms with E-state index in [0.717, 1.165) is 49.2 Å². The van der Waals surface area contributed by atoms with Crippen LogP contribution in [0.4, 0.5) is 11.8 Å². The van der Waals surface area contributed by atoms with Gasteiger partial charge in [0.1, 0.15) is 5.82 Å². The van der Waals surface area contributed by atoms with E-state index >= 15 is 0 Å². The van der Waals surface area contributed by atoms with Crippen molar-refractivity contribution < 1.29 is 0 Å². The number of fused-ring (bicyclic) bond motifs is 1. The fourth-order valence-electron chi connectivity index (χ4n) is 4.05. The van der Waals surface area contributed by atoms with E-state index in [0.29, 0.717) is 16.9 Å². The van der Waals surface area contributed by atoms with Crippen molar-refractivity contribution >= 4 is 23.4 Å². The number of hydrogen-bond acceptors (Lipinski definition) is 6. The molecular formula is C20H19ClN6. The number of aromatic nitrogens is 4. The Hall–Kier alpha value is -2.73. The highest BCUT2D eigenvalue weighted by molar-refractivity contribution is 6.30. The first-order valence-electron chi connectivity index (χ1n) is 9.11. The normalized spacial score (nSPS) is 21.5. The molecule has 6 nitrogen and oxygen atoms in total. The summed E-state index contributed by atoms with van der Waals surface area (Å²) >= 11 is 5.89. The van der Waals surface area contributed by atoms with Crippen LogP contribution in [-0.4, -0.2) is 46.1 Å². The van der Waals surface area contributed by atoms with E-state index in [4.69, 9.17) is 11.6 Å². The average molecular weight is 379 g/mol. The highest BCUT2D eigenvalue weighted by Crippen LogP contribution is 2.34. The van der Waals surface area contributed by atoms with Gasteiger partial charge in [0.05, 0.1) is 35.5 Å². The minimum Gasteiger partial charge on any atom is -0.355 e. The van der Waals surface area contributed by atoms with Crippen molar-refractivity contribution in [3.8, 4) is 11.3 Å². The summed E-state index contributed by atoms with van der Waals surface area (Å²) in [5.41, 5.74) is 2.00. The first-order valence-corrected chi connectivity index (χ1v) is 9.49. The van der Waals surface area contributed by atoms with Gasteiger partial charge in [0.15, 0.2) is 0 Å². The number of anilines is 2. The highest BCUT2D eigenvalue weighted by atomic mass is 35.5. The molecule has 2 fully saturated rings. The Balaban J connectivity index is 1.25.